The van der Waals surface area contributed by atoms with Crippen LogP contribution >= 0.6 is 0 Å². The molecule has 236 valence electrons. The number of ketones is 2. The number of rotatable bonds is 3. The van der Waals surface area contributed by atoms with Crippen LogP contribution in [-0.4, -0.2) is 70.6 Å². The summed E-state index contributed by atoms with van der Waals surface area (Å²) in [6.45, 7) is 1.31. The third-order valence-electron chi connectivity index (χ3n) is 9.63. The van der Waals surface area contributed by atoms with Crippen molar-refractivity contribution >= 4 is 29.0 Å². The van der Waals surface area contributed by atoms with Gasteiger partial charge in [-0.1, -0.05) is 30.3 Å². The van der Waals surface area contributed by atoms with Crippen LogP contribution < -0.4 is 9.47 Å². The molecule has 2 spiro atoms. The molecule has 2 fully saturated rings. The fraction of sp³-hybridized carbons (Fsp3) is 0.333. The van der Waals surface area contributed by atoms with Crippen molar-refractivity contribution in [1.29, 1.82) is 0 Å². The smallest absolute Gasteiger partial charge is 0.254 e. The van der Waals surface area contributed by atoms with Crippen molar-refractivity contribution in [2.24, 2.45) is 0 Å². The molecule has 0 aromatic heterocycles. The number of likely N-dealkylation sites (tertiary alicyclic amines) is 2. The van der Waals surface area contributed by atoms with E-state index in [-0.39, 0.29) is 52.9 Å². The van der Waals surface area contributed by atoms with Crippen molar-refractivity contribution in [2.75, 3.05) is 26.2 Å². The molecule has 0 aliphatic carbocycles. The van der Waals surface area contributed by atoms with Crippen LogP contribution in [0.25, 0.3) is 5.57 Å². The number of ether oxygens (including phenoxy) is 2. The van der Waals surface area contributed by atoms with Gasteiger partial charge in [0.05, 0.1) is 29.5 Å². The number of amides is 2. The summed E-state index contributed by atoms with van der Waals surface area (Å²) in [6.07, 6.45) is 3.29. The highest BCUT2D eigenvalue weighted by molar-refractivity contribution is 6.23. The fourth-order valence-electron chi connectivity index (χ4n) is 7.01. The van der Waals surface area contributed by atoms with Crippen LogP contribution in [0.15, 0.2) is 72.8 Å². The summed E-state index contributed by atoms with van der Waals surface area (Å²) < 4.78 is 39.8. The summed E-state index contributed by atoms with van der Waals surface area (Å²) >= 11 is 0. The van der Waals surface area contributed by atoms with Gasteiger partial charge >= 0.3 is 0 Å². The van der Waals surface area contributed by atoms with E-state index in [1.165, 1.54) is 42.5 Å². The second-order valence-corrected chi connectivity index (χ2v) is 12.6. The highest BCUT2D eigenvalue weighted by atomic mass is 19.1. The molecule has 0 atom stereocenters. The van der Waals surface area contributed by atoms with E-state index in [9.17, 15) is 28.0 Å². The minimum Gasteiger partial charge on any atom is -0.486 e. The molecule has 0 bridgehead atoms. The normalized spacial score (nSPS) is 20.1. The number of carbonyl (C=O) groups excluding carboxylic acids is 4. The minimum atomic E-state index is -0.772. The zero-order chi connectivity index (χ0) is 32.1. The number of hydrogen-bond donors (Lipinski definition) is 0. The molecule has 3 aromatic rings. The van der Waals surface area contributed by atoms with E-state index in [0.29, 0.717) is 68.9 Å². The maximum Gasteiger partial charge on any atom is 0.254 e. The minimum absolute atomic E-state index is 0.111. The Kier molecular flexibility index (Phi) is 7.45. The Morgan fingerprint density at radius 1 is 0.674 bits per heavy atom. The highest BCUT2D eigenvalue weighted by Crippen LogP contribution is 2.41. The first-order valence-corrected chi connectivity index (χ1v) is 15.5. The van der Waals surface area contributed by atoms with Crippen LogP contribution in [0.3, 0.4) is 0 Å². The van der Waals surface area contributed by atoms with Gasteiger partial charge in [0.15, 0.2) is 11.6 Å². The van der Waals surface area contributed by atoms with Gasteiger partial charge in [-0.15, -0.1) is 0 Å². The van der Waals surface area contributed by atoms with Crippen LogP contribution in [0.2, 0.25) is 0 Å². The average Bonchev–Trinajstić information content (AvgIpc) is 3.05. The number of benzene rings is 3. The van der Waals surface area contributed by atoms with Crippen molar-refractivity contribution in [3.8, 4) is 11.5 Å². The largest absolute Gasteiger partial charge is 0.486 e. The topological polar surface area (TPSA) is 93.2 Å². The lowest BCUT2D eigenvalue weighted by atomic mass is 9.82. The van der Waals surface area contributed by atoms with Crippen molar-refractivity contribution < 1.29 is 37.4 Å². The Morgan fingerprint density at radius 3 is 1.65 bits per heavy atom. The Hall–Kier alpha value is -4.86. The maximum atomic E-state index is 14.0. The number of fused-ring (bicyclic) bond motifs is 2. The van der Waals surface area contributed by atoms with Crippen molar-refractivity contribution in [2.45, 2.75) is 49.7 Å². The summed E-state index contributed by atoms with van der Waals surface area (Å²) in [5.41, 5.74) is -0.178. The standard InChI is InChI=1S/C36H32F2N2O6/c37-24-6-8-31-27(18-24)29(41)21-35(45-31)10-14-39(15-11-35)33(43)20-26(23-4-2-1-3-5-23)34(44)40-16-12-36(13-17-40)22-30(42)28-19-25(38)7-9-32(28)46-36/h1-9,18-20H,10-17,21-22H2/b26-20+. The molecular weight excluding hydrogens is 594 g/mol. The number of hydrogen-bond acceptors (Lipinski definition) is 6. The van der Waals surface area contributed by atoms with E-state index in [0.717, 1.165) is 0 Å². The average molecular weight is 627 g/mol. The van der Waals surface area contributed by atoms with E-state index in [4.69, 9.17) is 9.47 Å². The second-order valence-electron chi connectivity index (χ2n) is 12.6. The number of nitrogens with zero attached hydrogens (tertiary/aromatic N) is 2. The van der Waals surface area contributed by atoms with E-state index in [1.807, 2.05) is 6.07 Å². The Morgan fingerprint density at radius 2 is 1.15 bits per heavy atom. The molecule has 10 heteroatoms. The fourth-order valence-corrected chi connectivity index (χ4v) is 7.01. The first-order chi connectivity index (χ1) is 22.1. The molecule has 46 heavy (non-hydrogen) atoms. The molecule has 8 nitrogen and oxygen atoms in total. The van der Waals surface area contributed by atoms with Crippen LogP contribution in [0, 0.1) is 11.6 Å². The molecule has 7 rings (SSSR count). The monoisotopic (exact) mass is 626 g/mol. The van der Waals surface area contributed by atoms with Crippen LogP contribution in [-0.2, 0) is 9.59 Å². The SMILES string of the molecule is O=C1CC2(CCN(C(=O)/C=C(/C(=O)N3CCC4(CC3)CC(=O)c3cc(F)ccc3O4)c3ccccc3)CC2)Oc2ccc(F)cc21. The molecule has 0 radical (unpaired) electrons. The second kappa shape index (κ2) is 11.5. The summed E-state index contributed by atoms with van der Waals surface area (Å²) in [5.74, 6) is -1.24. The highest BCUT2D eigenvalue weighted by Gasteiger charge is 2.45. The Bertz CT molecular complexity index is 1770. The lowest BCUT2D eigenvalue weighted by molar-refractivity contribution is -0.131. The molecule has 4 heterocycles. The van der Waals surface area contributed by atoms with Crippen LogP contribution in [0.4, 0.5) is 8.78 Å². The Balaban J connectivity index is 1.05. The van der Waals surface area contributed by atoms with Gasteiger partial charge in [0, 0.05) is 57.9 Å². The molecule has 4 aliphatic rings. The number of Topliss-reactive ketones (excluding diaryl/α,β-unsaturated/α-hetero) is 2. The van der Waals surface area contributed by atoms with Crippen LogP contribution in [0.1, 0.15) is 64.8 Å². The third kappa shape index (κ3) is 5.57. The molecule has 4 aliphatic heterocycles. The van der Waals surface area contributed by atoms with Crippen molar-refractivity contribution in [3.05, 3.63) is 101 Å². The summed E-state index contributed by atoms with van der Waals surface area (Å²) in [4.78, 5) is 56.6. The molecule has 0 N–H and O–H groups in total. The summed E-state index contributed by atoms with van der Waals surface area (Å²) in [5, 5.41) is 0. The van der Waals surface area contributed by atoms with Gasteiger partial charge in [-0.3, -0.25) is 19.2 Å². The molecule has 3 aromatic carbocycles. The predicted octanol–water partition coefficient (Wildman–Crippen LogP) is 5.40. The Labute approximate surface area is 264 Å². The van der Waals surface area contributed by atoms with Gasteiger partial charge < -0.3 is 19.3 Å². The van der Waals surface area contributed by atoms with Gasteiger partial charge in [0.1, 0.15) is 34.3 Å². The number of carbonyl (C=O) groups is 4. The van der Waals surface area contributed by atoms with Gasteiger partial charge in [0.25, 0.3) is 5.91 Å². The molecule has 0 unspecified atom stereocenters. The van der Waals surface area contributed by atoms with E-state index in [2.05, 4.69) is 0 Å². The summed E-state index contributed by atoms with van der Waals surface area (Å²) in [7, 11) is 0. The van der Waals surface area contributed by atoms with Gasteiger partial charge in [-0.05, 0) is 42.0 Å². The maximum absolute atomic E-state index is 14.0. The molecule has 2 saturated heterocycles. The van der Waals surface area contributed by atoms with Crippen LogP contribution in [0.5, 0.6) is 11.5 Å². The summed E-state index contributed by atoms with van der Waals surface area (Å²) in [6, 6.07) is 16.9. The van der Waals surface area contributed by atoms with Gasteiger partial charge in [-0.25, -0.2) is 8.78 Å². The van der Waals surface area contributed by atoms with Crippen molar-refractivity contribution in [1.82, 2.24) is 9.80 Å². The molecule has 0 saturated carbocycles. The lowest BCUT2D eigenvalue weighted by Crippen LogP contribution is -2.52. The first kappa shape index (κ1) is 29.8. The number of halogens is 2. The van der Waals surface area contributed by atoms with Gasteiger partial charge in [0.2, 0.25) is 5.91 Å². The van der Waals surface area contributed by atoms with E-state index in [1.54, 1.807) is 34.1 Å². The first-order valence-electron chi connectivity index (χ1n) is 15.5. The lowest BCUT2D eigenvalue weighted by Gasteiger charge is -2.44. The predicted molar refractivity (Wildman–Crippen MR) is 163 cm³/mol. The van der Waals surface area contributed by atoms with Gasteiger partial charge in [-0.2, -0.15) is 0 Å². The molecule has 2 amide bonds. The third-order valence-corrected chi connectivity index (χ3v) is 9.63. The molecular formula is C36H32F2N2O6. The number of piperidine rings is 2. The van der Waals surface area contributed by atoms with Crippen molar-refractivity contribution in [3.63, 3.8) is 0 Å². The zero-order valence-electron chi connectivity index (χ0n) is 25.1. The quantitative estimate of drug-likeness (QED) is 0.362. The zero-order valence-corrected chi connectivity index (χ0v) is 25.1. The van der Waals surface area contributed by atoms with E-state index < -0.39 is 22.8 Å². The van der Waals surface area contributed by atoms with E-state index >= 15 is 0 Å².